The zero-order valence-corrected chi connectivity index (χ0v) is 10.3. The lowest BCUT2D eigenvalue weighted by Gasteiger charge is -2.52. The molecule has 8 heteroatoms. The number of nitrogens with two attached hydrogens (primary N) is 1. The van der Waals surface area contributed by atoms with Crippen molar-refractivity contribution in [1.82, 2.24) is 5.32 Å². The van der Waals surface area contributed by atoms with Crippen molar-refractivity contribution in [1.29, 1.82) is 0 Å². The summed E-state index contributed by atoms with van der Waals surface area (Å²) in [6, 6.07) is -0.524. The summed E-state index contributed by atoms with van der Waals surface area (Å²) >= 11 is 0. The maximum Gasteiger partial charge on any atom is 0.411 e. The van der Waals surface area contributed by atoms with E-state index in [4.69, 9.17) is 10.5 Å². The summed E-state index contributed by atoms with van der Waals surface area (Å²) in [6.07, 6.45) is -2.63. The Morgan fingerprint density at radius 1 is 1.47 bits per heavy atom. The summed E-state index contributed by atoms with van der Waals surface area (Å²) in [4.78, 5) is 11.4. The van der Waals surface area contributed by atoms with E-state index in [0.29, 0.717) is 6.61 Å². The van der Waals surface area contributed by atoms with Crippen molar-refractivity contribution in [2.45, 2.75) is 37.2 Å². The highest BCUT2D eigenvalue weighted by Crippen LogP contribution is 2.36. The SMILES string of the molecule is NC1C2CCCOC2C1NC(=O)COCC(F)(F)F. The number of carbonyl (C=O) groups excluding carboxylic acids is 1. The van der Waals surface area contributed by atoms with Crippen molar-refractivity contribution in [3.8, 4) is 0 Å². The Bertz CT molecular complexity index is 338. The molecule has 2 aliphatic rings. The molecule has 0 spiro atoms. The molecule has 4 atom stereocenters. The first-order valence-electron chi connectivity index (χ1n) is 6.19. The lowest BCUT2D eigenvalue weighted by molar-refractivity contribution is -0.177. The van der Waals surface area contributed by atoms with Gasteiger partial charge in [-0.2, -0.15) is 13.2 Å². The van der Waals surface area contributed by atoms with Crippen molar-refractivity contribution in [2.24, 2.45) is 11.7 Å². The van der Waals surface area contributed by atoms with Crippen molar-refractivity contribution in [3.63, 3.8) is 0 Å². The van der Waals surface area contributed by atoms with E-state index in [2.05, 4.69) is 10.1 Å². The molecular formula is C11H17F3N2O3. The smallest absolute Gasteiger partial charge is 0.376 e. The number of hydrogen-bond donors (Lipinski definition) is 2. The number of carbonyl (C=O) groups is 1. The van der Waals surface area contributed by atoms with Crippen LogP contribution in [0.2, 0.25) is 0 Å². The van der Waals surface area contributed by atoms with Crippen LogP contribution in [0.3, 0.4) is 0 Å². The molecule has 0 aromatic carbocycles. The third kappa shape index (κ3) is 3.58. The van der Waals surface area contributed by atoms with Crippen LogP contribution < -0.4 is 11.1 Å². The van der Waals surface area contributed by atoms with Gasteiger partial charge in [-0.3, -0.25) is 4.79 Å². The van der Waals surface area contributed by atoms with Gasteiger partial charge in [0.05, 0.1) is 12.1 Å². The lowest BCUT2D eigenvalue weighted by Crippen LogP contribution is -2.72. The summed E-state index contributed by atoms with van der Waals surface area (Å²) in [5, 5.41) is 2.57. The Kier molecular flexibility index (Phi) is 4.32. The zero-order valence-electron chi connectivity index (χ0n) is 10.3. The van der Waals surface area contributed by atoms with Gasteiger partial charge in [-0.1, -0.05) is 0 Å². The van der Waals surface area contributed by atoms with Crippen LogP contribution in [0.25, 0.3) is 0 Å². The molecule has 19 heavy (non-hydrogen) atoms. The molecule has 0 bridgehead atoms. The molecule has 1 saturated heterocycles. The molecule has 0 radical (unpaired) electrons. The number of ether oxygens (including phenoxy) is 2. The molecule has 110 valence electrons. The highest BCUT2D eigenvalue weighted by molar-refractivity contribution is 5.77. The second-order valence-corrected chi connectivity index (χ2v) is 4.92. The number of rotatable bonds is 4. The first-order chi connectivity index (χ1) is 8.88. The van der Waals surface area contributed by atoms with Gasteiger partial charge in [0.2, 0.25) is 5.91 Å². The van der Waals surface area contributed by atoms with Gasteiger partial charge in [0, 0.05) is 18.6 Å². The maximum absolute atomic E-state index is 11.8. The summed E-state index contributed by atoms with van der Waals surface area (Å²) < 4.78 is 45.3. The number of nitrogens with one attached hydrogen (secondary N) is 1. The standard InChI is InChI=1S/C11H17F3N2O3/c12-11(13,14)5-18-4-7(17)16-9-8(15)6-2-1-3-19-10(6)9/h6,8-10H,1-5,15H2,(H,16,17). The van der Waals surface area contributed by atoms with Crippen molar-refractivity contribution >= 4 is 5.91 Å². The Balaban J connectivity index is 1.71. The van der Waals surface area contributed by atoms with E-state index in [1.54, 1.807) is 0 Å². The van der Waals surface area contributed by atoms with Crippen LogP contribution in [-0.4, -0.2) is 50.1 Å². The summed E-state index contributed by atoms with van der Waals surface area (Å²) in [7, 11) is 0. The summed E-state index contributed by atoms with van der Waals surface area (Å²) in [5.41, 5.74) is 5.91. The molecular weight excluding hydrogens is 265 g/mol. The largest absolute Gasteiger partial charge is 0.411 e. The average molecular weight is 282 g/mol. The van der Waals surface area contributed by atoms with Crippen molar-refractivity contribution in [2.75, 3.05) is 19.8 Å². The van der Waals surface area contributed by atoms with Gasteiger partial charge in [-0.05, 0) is 12.8 Å². The predicted molar refractivity (Wildman–Crippen MR) is 59.2 cm³/mol. The van der Waals surface area contributed by atoms with Crippen molar-refractivity contribution in [3.05, 3.63) is 0 Å². The minimum Gasteiger partial charge on any atom is -0.376 e. The van der Waals surface area contributed by atoms with E-state index < -0.39 is 25.3 Å². The number of amides is 1. The molecule has 1 saturated carbocycles. The number of hydrogen-bond acceptors (Lipinski definition) is 4. The van der Waals surface area contributed by atoms with Crippen LogP contribution >= 0.6 is 0 Å². The molecule has 5 nitrogen and oxygen atoms in total. The zero-order chi connectivity index (χ0) is 14.0. The van der Waals surface area contributed by atoms with Gasteiger partial charge in [0.1, 0.15) is 13.2 Å². The highest BCUT2D eigenvalue weighted by Gasteiger charge is 2.51. The fourth-order valence-electron chi connectivity index (χ4n) is 2.61. The second-order valence-electron chi connectivity index (χ2n) is 4.92. The van der Waals surface area contributed by atoms with Gasteiger partial charge >= 0.3 is 6.18 Å². The van der Waals surface area contributed by atoms with Crippen LogP contribution in [0.4, 0.5) is 13.2 Å². The molecule has 1 aliphatic heterocycles. The molecule has 1 aliphatic carbocycles. The quantitative estimate of drug-likeness (QED) is 0.772. The number of alkyl halides is 3. The lowest BCUT2D eigenvalue weighted by atomic mass is 9.68. The first-order valence-corrected chi connectivity index (χ1v) is 6.19. The van der Waals surface area contributed by atoms with E-state index in [1.807, 2.05) is 0 Å². The Morgan fingerprint density at radius 3 is 2.89 bits per heavy atom. The van der Waals surface area contributed by atoms with Gasteiger partial charge in [-0.15, -0.1) is 0 Å². The Morgan fingerprint density at radius 2 is 2.21 bits per heavy atom. The third-order valence-corrected chi connectivity index (χ3v) is 3.50. The van der Waals surface area contributed by atoms with Crippen LogP contribution in [-0.2, 0) is 14.3 Å². The fourth-order valence-corrected chi connectivity index (χ4v) is 2.61. The van der Waals surface area contributed by atoms with E-state index in [1.165, 1.54) is 0 Å². The van der Waals surface area contributed by atoms with Crippen LogP contribution in [0, 0.1) is 5.92 Å². The highest BCUT2D eigenvalue weighted by atomic mass is 19.4. The average Bonchev–Trinajstić information content (AvgIpc) is 2.34. The van der Waals surface area contributed by atoms with Gasteiger partial charge in [0.15, 0.2) is 0 Å². The maximum atomic E-state index is 11.8. The monoisotopic (exact) mass is 282 g/mol. The Labute approximate surface area is 108 Å². The number of halogens is 3. The third-order valence-electron chi connectivity index (χ3n) is 3.50. The molecule has 0 aromatic heterocycles. The van der Waals surface area contributed by atoms with Gasteiger partial charge in [0.25, 0.3) is 0 Å². The van der Waals surface area contributed by atoms with Crippen LogP contribution in [0.1, 0.15) is 12.8 Å². The van der Waals surface area contributed by atoms with Crippen LogP contribution in [0.15, 0.2) is 0 Å². The summed E-state index contributed by atoms with van der Waals surface area (Å²) in [6.45, 7) is -1.43. The molecule has 1 amide bonds. The van der Waals surface area contributed by atoms with E-state index in [-0.39, 0.29) is 24.1 Å². The molecule has 0 aromatic rings. The molecule has 1 heterocycles. The van der Waals surface area contributed by atoms with E-state index >= 15 is 0 Å². The normalized spacial score (nSPS) is 34.3. The second kappa shape index (κ2) is 5.64. The molecule has 2 rings (SSSR count). The molecule has 4 unspecified atom stereocenters. The van der Waals surface area contributed by atoms with E-state index in [9.17, 15) is 18.0 Å². The topological polar surface area (TPSA) is 73.6 Å². The minimum absolute atomic E-state index is 0.115. The summed E-state index contributed by atoms with van der Waals surface area (Å²) in [5.74, 6) is -0.368. The molecule has 3 N–H and O–H groups in total. The van der Waals surface area contributed by atoms with Gasteiger partial charge in [-0.25, -0.2) is 0 Å². The predicted octanol–water partition coefficient (Wildman–Crippen LogP) is 0.186. The Hall–Kier alpha value is -0.860. The fraction of sp³-hybridized carbons (Fsp3) is 0.909. The molecule has 2 fully saturated rings. The van der Waals surface area contributed by atoms with Crippen LogP contribution in [0.5, 0.6) is 0 Å². The minimum atomic E-state index is -4.43. The number of fused-ring (bicyclic) bond motifs is 1. The van der Waals surface area contributed by atoms with Crippen molar-refractivity contribution < 1.29 is 27.4 Å². The van der Waals surface area contributed by atoms with E-state index in [0.717, 1.165) is 12.8 Å². The first kappa shape index (κ1) is 14.5. The van der Waals surface area contributed by atoms with Gasteiger partial charge < -0.3 is 20.5 Å².